The van der Waals surface area contributed by atoms with Gasteiger partial charge >= 0.3 is 5.97 Å². The summed E-state index contributed by atoms with van der Waals surface area (Å²) in [5.41, 5.74) is 2.21. The zero-order chi connectivity index (χ0) is 22.5. The van der Waals surface area contributed by atoms with Gasteiger partial charge in [-0.05, 0) is 63.2 Å². The number of carbonyl (C=O) groups excluding carboxylic acids is 1. The fourth-order valence-corrected chi connectivity index (χ4v) is 3.67. The van der Waals surface area contributed by atoms with Crippen LogP contribution in [0.1, 0.15) is 23.7 Å². The van der Waals surface area contributed by atoms with Crippen molar-refractivity contribution in [2.24, 2.45) is 0 Å². The lowest BCUT2D eigenvalue weighted by atomic mass is 10.0. The van der Waals surface area contributed by atoms with Crippen LogP contribution in [0.25, 0.3) is 10.9 Å². The molecule has 0 aliphatic heterocycles. The lowest BCUT2D eigenvalue weighted by molar-refractivity contribution is -0.143. The Morgan fingerprint density at radius 2 is 1.87 bits per heavy atom. The zero-order valence-electron chi connectivity index (χ0n) is 18.0. The van der Waals surface area contributed by atoms with Crippen molar-refractivity contribution in [1.29, 1.82) is 0 Å². The molecule has 7 heteroatoms. The smallest absolute Gasteiger partial charge is 0.325 e. The zero-order valence-corrected chi connectivity index (χ0v) is 18.0. The molecule has 0 saturated carbocycles. The van der Waals surface area contributed by atoms with Crippen LogP contribution in [0.15, 0.2) is 47.3 Å². The molecule has 3 rings (SSSR count). The van der Waals surface area contributed by atoms with Crippen molar-refractivity contribution in [1.82, 2.24) is 9.47 Å². The second-order valence-electron chi connectivity index (χ2n) is 7.69. The van der Waals surface area contributed by atoms with Crippen LogP contribution in [0.3, 0.4) is 0 Å². The number of aromatic nitrogens is 1. The number of hydrogen-bond acceptors (Lipinski definition) is 4. The molecule has 5 nitrogen and oxygen atoms in total. The fourth-order valence-electron chi connectivity index (χ4n) is 3.67. The Bertz CT molecular complexity index is 1160. The monoisotopic (exact) mass is 428 g/mol. The van der Waals surface area contributed by atoms with Crippen molar-refractivity contribution in [2.45, 2.75) is 32.9 Å². The first-order valence-corrected chi connectivity index (χ1v) is 10.2. The van der Waals surface area contributed by atoms with Crippen molar-refractivity contribution in [3.8, 4) is 0 Å². The number of halogens is 2. The Kier molecular flexibility index (Phi) is 7.17. The molecule has 0 bridgehead atoms. The molecule has 31 heavy (non-hydrogen) atoms. The summed E-state index contributed by atoms with van der Waals surface area (Å²) in [4.78, 5) is 27.1. The Hall–Kier alpha value is -3.06. The summed E-state index contributed by atoms with van der Waals surface area (Å²) in [6.45, 7) is 2.57. The maximum Gasteiger partial charge on any atom is 0.325 e. The van der Waals surface area contributed by atoms with Crippen molar-refractivity contribution in [3.05, 3.63) is 81.1 Å². The van der Waals surface area contributed by atoms with Gasteiger partial charge in [0.25, 0.3) is 0 Å². The number of esters is 1. The molecule has 0 N–H and O–H groups in total. The van der Waals surface area contributed by atoms with E-state index in [9.17, 15) is 18.4 Å². The topological polar surface area (TPSA) is 51.5 Å². The number of benzene rings is 2. The third kappa shape index (κ3) is 5.35. The maximum absolute atomic E-state index is 14.1. The first kappa shape index (κ1) is 22.6. The highest BCUT2D eigenvalue weighted by atomic mass is 19.2. The van der Waals surface area contributed by atoms with Gasteiger partial charge in [-0.2, -0.15) is 0 Å². The standard InChI is InChI=1S/C24H26F2N2O3/c1-4-31-23(30)15-28-18(10-9-17-6-5-7-20(25)24(17)26)13-22(29)19-11-8-16(12-21(19)28)14-27(2)3/h5-8,11-13H,4,9-10,14-15H2,1-3H3. The Morgan fingerprint density at radius 1 is 1.10 bits per heavy atom. The van der Waals surface area contributed by atoms with Crippen LogP contribution in [0.4, 0.5) is 8.78 Å². The van der Waals surface area contributed by atoms with Crippen LogP contribution in [0.2, 0.25) is 0 Å². The van der Waals surface area contributed by atoms with Crippen molar-refractivity contribution in [2.75, 3.05) is 20.7 Å². The summed E-state index contributed by atoms with van der Waals surface area (Å²) < 4.78 is 34.5. The van der Waals surface area contributed by atoms with E-state index in [1.54, 1.807) is 17.6 Å². The summed E-state index contributed by atoms with van der Waals surface area (Å²) in [6.07, 6.45) is 0.456. The third-order valence-electron chi connectivity index (χ3n) is 5.04. The van der Waals surface area contributed by atoms with Crippen molar-refractivity contribution in [3.63, 3.8) is 0 Å². The second-order valence-corrected chi connectivity index (χ2v) is 7.69. The van der Waals surface area contributed by atoms with E-state index in [2.05, 4.69) is 0 Å². The molecule has 0 aliphatic rings. The Balaban J connectivity index is 2.08. The van der Waals surface area contributed by atoms with Gasteiger partial charge in [-0.3, -0.25) is 9.59 Å². The van der Waals surface area contributed by atoms with Gasteiger partial charge in [0.2, 0.25) is 0 Å². The largest absolute Gasteiger partial charge is 0.465 e. The molecular formula is C24H26F2N2O3. The first-order valence-electron chi connectivity index (χ1n) is 10.2. The number of pyridine rings is 1. The first-order chi connectivity index (χ1) is 14.8. The van der Waals surface area contributed by atoms with Crippen LogP contribution in [-0.2, 0) is 35.5 Å². The van der Waals surface area contributed by atoms with E-state index in [4.69, 9.17) is 4.74 Å². The molecule has 1 heterocycles. The lowest BCUT2D eigenvalue weighted by Gasteiger charge is -2.18. The molecule has 164 valence electrons. The Labute approximate surface area is 179 Å². The molecule has 0 unspecified atom stereocenters. The molecule has 0 spiro atoms. The normalized spacial score (nSPS) is 11.3. The number of rotatable bonds is 8. The van der Waals surface area contributed by atoms with Gasteiger partial charge in [-0.25, -0.2) is 8.78 Å². The fraction of sp³-hybridized carbons (Fsp3) is 0.333. The quantitative estimate of drug-likeness (QED) is 0.514. The SMILES string of the molecule is CCOC(=O)Cn1c(CCc2cccc(F)c2F)cc(=O)c2ccc(CN(C)C)cc21. The van der Waals surface area contributed by atoms with E-state index in [-0.39, 0.29) is 37.0 Å². The minimum absolute atomic E-state index is 0.0724. The number of aryl methyl sites for hydroxylation is 2. The van der Waals surface area contributed by atoms with E-state index >= 15 is 0 Å². The van der Waals surface area contributed by atoms with Gasteiger partial charge in [0.15, 0.2) is 17.1 Å². The van der Waals surface area contributed by atoms with Crippen LogP contribution >= 0.6 is 0 Å². The van der Waals surface area contributed by atoms with Crippen molar-refractivity contribution < 1.29 is 18.3 Å². The molecular weight excluding hydrogens is 402 g/mol. The minimum atomic E-state index is -0.909. The number of hydrogen-bond donors (Lipinski definition) is 0. The summed E-state index contributed by atoms with van der Waals surface area (Å²) in [6, 6.07) is 11.0. The van der Waals surface area contributed by atoms with E-state index in [1.165, 1.54) is 18.2 Å². The summed E-state index contributed by atoms with van der Waals surface area (Å²) in [5.74, 6) is -2.23. The van der Waals surface area contributed by atoms with Gasteiger partial charge < -0.3 is 14.2 Å². The number of nitrogens with zero attached hydrogens (tertiary/aromatic N) is 2. The van der Waals surface area contributed by atoms with Gasteiger partial charge in [0.1, 0.15) is 6.54 Å². The summed E-state index contributed by atoms with van der Waals surface area (Å²) in [5, 5.41) is 0.493. The average Bonchev–Trinajstić information content (AvgIpc) is 2.71. The van der Waals surface area contributed by atoms with Gasteiger partial charge in [0.05, 0.1) is 12.1 Å². The number of ether oxygens (including phenoxy) is 1. The summed E-state index contributed by atoms with van der Waals surface area (Å²) in [7, 11) is 3.89. The number of carbonyl (C=O) groups is 1. The van der Waals surface area contributed by atoms with Gasteiger partial charge in [-0.15, -0.1) is 0 Å². The van der Waals surface area contributed by atoms with Gasteiger partial charge in [0, 0.05) is 23.7 Å². The highest BCUT2D eigenvalue weighted by molar-refractivity contribution is 5.82. The molecule has 0 saturated heterocycles. The number of fused-ring (bicyclic) bond motifs is 1. The van der Waals surface area contributed by atoms with E-state index < -0.39 is 17.6 Å². The molecule has 1 aromatic heterocycles. The molecule has 0 aliphatic carbocycles. The van der Waals surface area contributed by atoms with E-state index in [0.717, 1.165) is 11.6 Å². The van der Waals surface area contributed by atoms with E-state index in [0.29, 0.717) is 23.1 Å². The highest BCUT2D eigenvalue weighted by Crippen LogP contribution is 2.19. The third-order valence-corrected chi connectivity index (χ3v) is 5.04. The van der Waals surface area contributed by atoms with Crippen LogP contribution in [0, 0.1) is 11.6 Å². The predicted molar refractivity (Wildman–Crippen MR) is 116 cm³/mol. The minimum Gasteiger partial charge on any atom is -0.465 e. The summed E-state index contributed by atoms with van der Waals surface area (Å²) >= 11 is 0. The molecule has 3 aromatic rings. The predicted octanol–water partition coefficient (Wildman–Crippen LogP) is 3.69. The molecule has 0 atom stereocenters. The average molecular weight is 428 g/mol. The Morgan fingerprint density at radius 3 is 2.58 bits per heavy atom. The van der Waals surface area contributed by atoms with Crippen LogP contribution in [0.5, 0.6) is 0 Å². The molecule has 0 radical (unpaired) electrons. The van der Waals surface area contributed by atoms with Crippen molar-refractivity contribution >= 4 is 16.9 Å². The van der Waals surface area contributed by atoms with Gasteiger partial charge in [-0.1, -0.05) is 18.2 Å². The maximum atomic E-state index is 14.1. The highest BCUT2D eigenvalue weighted by Gasteiger charge is 2.15. The molecule has 0 fully saturated rings. The molecule has 0 amide bonds. The lowest BCUT2D eigenvalue weighted by Crippen LogP contribution is -2.21. The second kappa shape index (κ2) is 9.83. The van der Waals surface area contributed by atoms with Crippen LogP contribution in [-0.4, -0.2) is 36.1 Å². The van der Waals surface area contributed by atoms with Crippen LogP contribution < -0.4 is 5.43 Å². The van der Waals surface area contributed by atoms with E-state index in [1.807, 2.05) is 31.1 Å². The molecule has 2 aromatic carbocycles.